The van der Waals surface area contributed by atoms with E-state index in [1.807, 2.05) is 0 Å². The fourth-order valence-corrected chi connectivity index (χ4v) is 1.37. The Hall–Kier alpha value is -0.950. The molecule has 0 heterocycles. The van der Waals surface area contributed by atoms with Crippen molar-refractivity contribution in [1.82, 2.24) is 0 Å². The highest BCUT2D eigenvalue weighted by molar-refractivity contribution is 5.81. The molecule has 0 aromatic rings. The van der Waals surface area contributed by atoms with Gasteiger partial charge in [-0.2, -0.15) is 0 Å². The minimum Gasteiger partial charge on any atom is -0.460 e. The molecule has 0 aromatic carbocycles. The van der Waals surface area contributed by atoms with Gasteiger partial charge >= 0.3 is 5.97 Å². The van der Waals surface area contributed by atoms with Crippen molar-refractivity contribution >= 4 is 5.97 Å². The molecule has 3 N–H and O–H groups in total. The van der Waals surface area contributed by atoms with Crippen molar-refractivity contribution in [2.45, 2.75) is 19.4 Å². The second-order valence-corrected chi connectivity index (χ2v) is 4.49. The quantitative estimate of drug-likeness (QED) is 0.294. The third kappa shape index (κ3) is 4.06. The van der Waals surface area contributed by atoms with Gasteiger partial charge in [0.2, 0.25) is 0 Å². The molecule has 0 aliphatic carbocycles. The zero-order valence-corrected chi connectivity index (χ0v) is 10.9. The Morgan fingerprint density at radius 3 is 2.06 bits per heavy atom. The van der Waals surface area contributed by atoms with Gasteiger partial charge in [0.15, 0.2) is 0 Å². The molecule has 6 heteroatoms. The largest absolute Gasteiger partial charge is 0.460 e. The number of hydrogen-bond donors (Lipinski definition) is 3. The van der Waals surface area contributed by atoms with Crippen molar-refractivity contribution in [3.8, 4) is 0 Å². The second-order valence-electron chi connectivity index (χ2n) is 4.49. The molecule has 0 spiro atoms. The molecule has 0 saturated heterocycles. The van der Waals surface area contributed by atoms with E-state index < -0.39 is 36.8 Å². The first-order chi connectivity index (χ1) is 8.39. The summed E-state index contributed by atoms with van der Waals surface area (Å²) in [5.74, 6) is -0.547. The van der Waals surface area contributed by atoms with Gasteiger partial charge < -0.3 is 24.8 Å². The number of aliphatic hydroxyl groups is 3. The van der Waals surface area contributed by atoms with Crippen LogP contribution >= 0.6 is 0 Å². The molecular formula is C12H22O6. The van der Waals surface area contributed by atoms with Crippen LogP contribution in [0.25, 0.3) is 0 Å². The van der Waals surface area contributed by atoms with Crippen molar-refractivity contribution in [3.05, 3.63) is 12.7 Å². The van der Waals surface area contributed by atoms with Crippen LogP contribution < -0.4 is 0 Å². The normalized spacial score (nSPS) is 12.3. The summed E-state index contributed by atoms with van der Waals surface area (Å²) >= 11 is 0. The third-order valence-electron chi connectivity index (χ3n) is 3.14. The zero-order valence-electron chi connectivity index (χ0n) is 10.9. The van der Waals surface area contributed by atoms with E-state index in [1.54, 1.807) is 13.8 Å². The van der Waals surface area contributed by atoms with Crippen molar-refractivity contribution in [1.29, 1.82) is 0 Å². The minimum absolute atomic E-state index is 0.0344. The van der Waals surface area contributed by atoms with Crippen molar-refractivity contribution < 1.29 is 29.6 Å². The lowest BCUT2D eigenvalue weighted by Gasteiger charge is -2.42. The maximum Gasteiger partial charge on any atom is 0.330 e. The summed E-state index contributed by atoms with van der Waals surface area (Å²) in [6, 6.07) is 0. The number of aliphatic hydroxyl groups excluding tert-OH is 3. The molecule has 0 amide bonds. The van der Waals surface area contributed by atoms with E-state index in [0.717, 1.165) is 6.08 Å². The first-order valence-corrected chi connectivity index (χ1v) is 5.65. The molecular weight excluding hydrogens is 240 g/mol. The van der Waals surface area contributed by atoms with E-state index in [-0.39, 0.29) is 13.2 Å². The molecule has 18 heavy (non-hydrogen) atoms. The highest BCUT2D eigenvalue weighted by Crippen LogP contribution is 2.33. The topological polar surface area (TPSA) is 96.2 Å². The van der Waals surface area contributed by atoms with Gasteiger partial charge in [0.1, 0.15) is 6.61 Å². The highest BCUT2D eigenvalue weighted by atomic mass is 16.6. The van der Waals surface area contributed by atoms with Crippen molar-refractivity contribution in [3.63, 3.8) is 0 Å². The molecule has 0 rings (SSSR count). The number of rotatable bonds is 9. The molecule has 0 atom stereocenters. The average molecular weight is 262 g/mol. The maximum absolute atomic E-state index is 10.8. The summed E-state index contributed by atoms with van der Waals surface area (Å²) in [4.78, 5) is 10.8. The van der Waals surface area contributed by atoms with Crippen LogP contribution in [0.15, 0.2) is 12.7 Å². The molecule has 0 aromatic heterocycles. The van der Waals surface area contributed by atoms with Crippen LogP contribution in [0, 0.1) is 5.41 Å². The van der Waals surface area contributed by atoms with Gasteiger partial charge in [-0.1, -0.05) is 6.58 Å². The molecule has 0 aliphatic rings. The summed E-state index contributed by atoms with van der Waals surface area (Å²) in [6.07, 6.45) is 1.05. The van der Waals surface area contributed by atoms with Crippen LogP contribution in [-0.2, 0) is 14.3 Å². The highest BCUT2D eigenvalue weighted by Gasteiger charge is 2.45. The van der Waals surface area contributed by atoms with Crippen LogP contribution in [0.3, 0.4) is 0 Å². The van der Waals surface area contributed by atoms with Crippen molar-refractivity contribution in [2.75, 3.05) is 33.0 Å². The van der Waals surface area contributed by atoms with Gasteiger partial charge in [0.05, 0.1) is 37.4 Å². The Balaban J connectivity index is 4.36. The van der Waals surface area contributed by atoms with E-state index in [0.29, 0.717) is 0 Å². The van der Waals surface area contributed by atoms with Gasteiger partial charge in [-0.25, -0.2) is 4.79 Å². The maximum atomic E-state index is 10.8. The van der Waals surface area contributed by atoms with Crippen LogP contribution in [0.1, 0.15) is 13.8 Å². The predicted octanol–water partition coefficient (Wildman–Crippen LogP) is -0.526. The average Bonchev–Trinajstić information content (AvgIpc) is 2.36. The lowest BCUT2D eigenvalue weighted by Crippen LogP contribution is -2.53. The van der Waals surface area contributed by atoms with Crippen LogP contribution in [0.5, 0.6) is 0 Å². The lowest BCUT2D eigenvalue weighted by molar-refractivity contribution is -0.174. The van der Waals surface area contributed by atoms with E-state index in [2.05, 4.69) is 6.58 Å². The number of hydrogen-bond acceptors (Lipinski definition) is 6. The lowest BCUT2D eigenvalue weighted by atomic mass is 9.75. The Morgan fingerprint density at radius 1 is 1.17 bits per heavy atom. The first kappa shape index (κ1) is 17.1. The van der Waals surface area contributed by atoms with E-state index >= 15 is 0 Å². The van der Waals surface area contributed by atoms with Crippen LogP contribution in [0.2, 0.25) is 0 Å². The summed E-state index contributed by atoms with van der Waals surface area (Å²) in [6.45, 7) is 5.41. The molecule has 0 bridgehead atoms. The third-order valence-corrected chi connectivity index (χ3v) is 3.14. The smallest absolute Gasteiger partial charge is 0.330 e. The van der Waals surface area contributed by atoms with Crippen molar-refractivity contribution in [2.24, 2.45) is 5.41 Å². The van der Waals surface area contributed by atoms with Gasteiger partial charge in [-0.3, -0.25) is 0 Å². The molecule has 0 unspecified atom stereocenters. The minimum atomic E-state index is -1.16. The summed E-state index contributed by atoms with van der Waals surface area (Å²) in [7, 11) is 0. The molecule has 0 aliphatic heterocycles. The Morgan fingerprint density at radius 2 is 1.67 bits per heavy atom. The van der Waals surface area contributed by atoms with Gasteiger partial charge in [0, 0.05) is 6.08 Å². The molecule has 6 nitrogen and oxygen atoms in total. The van der Waals surface area contributed by atoms with Gasteiger partial charge in [-0.15, -0.1) is 0 Å². The summed E-state index contributed by atoms with van der Waals surface area (Å²) in [5.41, 5.74) is -2.12. The Labute approximate surface area is 107 Å². The van der Waals surface area contributed by atoms with Gasteiger partial charge in [0.25, 0.3) is 0 Å². The van der Waals surface area contributed by atoms with Crippen LogP contribution in [-0.4, -0.2) is 59.9 Å². The Kier molecular flexibility index (Phi) is 7.08. The monoisotopic (exact) mass is 262 g/mol. The van der Waals surface area contributed by atoms with E-state index in [9.17, 15) is 20.1 Å². The zero-order chi connectivity index (χ0) is 14.2. The standard InChI is InChI=1S/C12H22O6/c1-4-10(16)17-5-6-18-11(2,3)12(7-13,8-14)9-15/h4,13-15H,1,5-9H2,2-3H3. The fraction of sp³-hybridized carbons (Fsp3) is 0.750. The predicted molar refractivity (Wildman–Crippen MR) is 64.9 cm³/mol. The SMILES string of the molecule is C=CC(=O)OCCOC(C)(C)C(CO)(CO)CO. The molecule has 106 valence electrons. The first-order valence-electron chi connectivity index (χ1n) is 5.65. The fourth-order valence-electron chi connectivity index (χ4n) is 1.37. The summed E-state index contributed by atoms with van der Waals surface area (Å²) in [5, 5.41) is 27.9. The van der Waals surface area contributed by atoms with Gasteiger partial charge in [-0.05, 0) is 13.8 Å². The molecule has 0 saturated carbocycles. The van der Waals surface area contributed by atoms with E-state index in [1.165, 1.54) is 0 Å². The summed E-state index contributed by atoms with van der Waals surface area (Å²) < 4.78 is 10.2. The number of carbonyl (C=O) groups is 1. The van der Waals surface area contributed by atoms with Crippen LogP contribution in [0.4, 0.5) is 0 Å². The number of carbonyl (C=O) groups excluding carboxylic acids is 1. The molecule has 0 fully saturated rings. The Bertz CT molecular complexity index is 261. The second kappa shape index (κ2) is 7.48. The number of esters is 1. The van der Waals surface area contributed by atoms with E-state index in [4.69, 9.17) is 9.47 Å². The molecule has 0 radical (unpaired) electrons. The number of ether oxygens (including phenoxy) is 2.